The van der Waals surface area contributed by atoms with Gasteiger partial charge >= 0.3 is 0 Å². The zero-order chi connectivity index (χ0) is 11.7. The van der Waals surface area contributed by atoms with Crippen LogP contribution in [0.5, 0.6) is 0 Å². The number of anilines is 1. The molecule has 2 rings (SSSR count). The number of rotatable bonds is 1. The van der Waals surface area contributed by atoms with Gasteiger partial charge in [0.05, 0.1) is 5.69 Å². The Labute approximate surface area is 119 Å². The number of nitriles is 1. The summed E-state index contributed by atoms with van der Waals surface area (Å²) in [5, 5.41) is 8.87. The molecule has 0 aliphatic heterocycles. The molecule has 0 bridgehead atoms. The van der Waals surface area contributed by atoms with E-state index in [9.17, 15) is 0 Å². The summed E-state index contributed by atoms with van der Waals surface area (Å²) in [7, 11) is 0. The first-order valence-corrected chi connectivity index (χ1v) is 7.05. The van der Waals surface area contributed by atoms with Crippen molar-refractivity contribution < 1.29 is 0 Å². The summed E-state index contributed by atoms with van der Waals surface area (Å²) in [4.78, 5) is 1.58. The monoisotopic (exact) mass is 404 g/mol. The van der Waals surface area contributed by atoms with Crippen molar-refractivity contribution in [1.29, 1.82) is 5.26 Å². The number of nitrogens with two attached hydrogens (primary N) is 1. The van der Waals surface area contributed by atoms with Crippen LogP contribution < -0.4 is 5.73 Å². The summed E-state index contributed by atoms with van der Waals surface area (Å²) in [5.74, 6) is 0. The molecule has 0 radical (unpaired) electrons. The van der Waals surface area contributed by atoms with Crippen molar-refractivity contribution in [3.63, 3.8) is 0 Å². The van der Waals surface area contributed by atoms with Crippen LogP contribution >= 0.6 is 49.9 Å². The Morgan fingerprint density at radius 2 is 2.12 bits per heavy atom. The second kappa shape index (κ2) is 4.73. The van der Waals surface area contributed by atoms with Gasteiger partial charge in [-0.05, 0) is 46.9 Å². The second-order valence-electron chi connectivity index (χ2n) is 3.13. The molecule has 0 fully saturated rings. The average Bonchev–Trinajstić information content (AvgIpc) is 2.63. The van der Waals surface area contributed by atoms with Gasteiger partial charge in [0.25, 0.3) is 0 Å². The van der Waals surface area contributed by atoms with Crippen molar-refractivity contribution in [2.24, 2.45) is 0 Å². The largest absolute Gasteiger partial charge is 0.397 e. The van der Waals surface area contributed by atoms with Gasteiger partial charge in [0.2, 0.25) is 0 Å². The Morgan fingerprint density at radius 1 is 1.38 bits per heavy atom. The van der Waals surface area contributed by atoms with Crippen LogP contribution in [-0.4, -0.2) is 0 Å². The first-order chi connectivity index (χ1) is 7.61. The SMILES string of the molecule is N#Cc1sc(-c2cc(I)ccc2Br)cc1N. The minimum atomic E-state index is 0.549. The molecule has 0 spiro atoms. The summed E-state index contributed by atoms with van der Waals surface area (Å²) < 4.78 is 2.17. The highest BCUT2D eigenvalue weighted by Gasteiger charge is 2.10. The zero-order valence-electron chi connectivity index (χ0n) is 8.00. The lowest BCUT2D eigenvalue weighted by atomic mass is 10.2. The highest BCUT2D eigenvalue weighted by atomic mass is 127. The van der Waals surface area contributed by atoms with E-state index in [2.05, 4.69) is 50.7 Å². The zero-order valence-corrected chi connectivity index (χ0v) is 12.6. The van der Waals surface area contributed by atoms with E-state index in [0.717, 1.165) is 18.5 Å². The van der Waals surface area contributed by atoms with Crippen LogP contribution in [0.4, 0.5) is 5.69 Å². The molecule has 0 atom stereocenters. The molecule has 5 heteroatoms. The van der Waals surface area contributed by atoms with Gasteiger partial charge in [-0.1, -0.05) is 15.9 Å². The Morgan fingerprint density at radius 3 is 2.75 bits per heavy atom. The van der Waals surface area contributed by atoms with Crippen LogP contribution in [0.25, 0.3) is 10.4 Å². The number of halogens is 2. The maximum Gasteiger partial charge on any atom is 0.128 e. The smallest absolute Gasteiger partial charge is 0.128 e. The van der Waals surface area contributed by atoms with Crippen molar-refractivity contribution in [2.45, 2.75) is 0 Å². The molecule has 0 saturated heterocycles. The Hall–Kier alpha value is -0.580. The van der Waals surface area contributed by atoms with Gasteiger partial charge in [0.1, 0.15) is 10.9 Å². The van der Waals surface area contributed by atoms with Gasteiger partial charge in [-0.3, -0.25) is 0 Å². The van der Waals surface area contributed by atoms with Gasteiger partial charge in [0.15, 0.2) is 0 Å². The third kappa shape index (κ3) is 2.24. The fraction of sp³-hybridized carbons (Fsp3) is 0. The molecule has 16 heavy (non-hydrogen) atoms. The summed E-state index contributed by atoms with van der Waals surface area (Å²) in [5.41, 5.74) is 7.37. The Balaban J connectivity index is 2.59. The van der Waals surface area contributed by atoms with Gasteiger partial charge in [-0.15, -0.1) is 11.3 Å². The van der Waals surface area contributed by atoms with Crippen LogP contribution in [-0.2, 0) is 0 Å². The Bertz CT molecular complexity index is 586. The molecule has 1 aromatic heterocycles. The van der Waals surface area contributed by atoms with Crippen molar-refractivity contribution >= 4 is 55.5 Å². The minimum absolute atomic E-state index is 0.549. The summed E-state index contributed by atoms with van der Waals surface area (Å²) in [6.45, 7) is 0. The van der Waals surface area contributed by atoms with Crippen molar-refractivity contribution in [3.05, 3.63) is 37.2 Å². The number of benzene rings is 1. The molecule has 0 aliphatic carbocycles. The van der Waals surface area contributed by atoms with Crippen LogP contribution in [0.2, 0.25) is 0 Å². The molecule has 1 heterocycles. The molecule has 0 aliphatic rings. The first kappa shape index (κ1) is 11.9. The second-order valence-corrected chi connectivity index (χ2v) is 6.28. The molecule has 0 saturated carbocycles. The topological polar surface area (TPSA) is 49.8 Å². The summed E-state index contributed by atoms with van der Waals surface area (Å²) >= 11 is 7.18. The first-order valence-electron chi connectivity index (χ1n) is 4.36. The molecule has 80 valence electrons. The van der Waals surface area contributed by atoms with E-state index in [1.54, 1.807) is 0 Å². The average molecular weight is 405 g/mol. The van der Waals surface area contributed by atoms with Crippen LogP contribution in [0.1, 0.15) is 4.88 Å². The maximum atomic E-state index is 8.87. The molecule has 2 N–H and O–H groups in total. The van der Waals surface area contributed by atoms with E-state index in [-0.39, 0.29) is 0 Å². The van der Waals surface area contributed by atoms with E-state index in [1.165, 1.54) is 11.3 Å². The predicted octanol–water partition coefficient (Wildman–Crippen LogP) is 4.24. The lowest BCUT2D eigenvalue weighted by molar-refractivity contribution is 1.52. The minimum Gasteiger partial charge on any atom is -0.397 e. The molecule has 2 aromatic rings. The van der Waals surface area contributed by atoms with Crippen LogP contribution in [0.3, 0.4) is 0 Å². The molecule has 0 amide bonds. The van der Waals surface area contributed by atoms with E-state index in [4.69, 9.17) is 11.0 Å². The number of nitrogen functional groups attached to an aromatic ring is 1. The molecule has 2 nitrogen and oxygen atoms in total. The fourth-order valence-corrected chi connectivity index (χ4v) is 3.30. The highest BCUT2D eigenvalue weighted by molar-refractivity contribution is 14.1. The van der Waals surface area contributed by atoms with Crippen LogP contribution in [0.15, 0.2) is 28.7 Å². The van der Waals surface area contributed by atoms with E-state index >= 15 is 0 Å². The van der Waals surface area contributed by atoms with Crippen LogP contribution in [0, 0.1) is 14.9 Å². The number of thiophene rings is 1. The quantitative estimate of drug-likeness (QED) is 0.722. The normalized spacial score (nSPS) is 10.1. The van der Waals surface area contributed by atoms with E-state index in [1.807, 2.05) is 18.2 Å². The lowest BCUT2D eigenvalue weighted by Crippen LogP contribution is -1.82. The molecular formula is C11H6BrIN2S. The van der Waals surface area contributed by atoms with E-state index in [0.29, 0.717) is 10.6 Å². The van der Waals surface area contributed by atoms with Gasteiger partial charge < -0.3 is 5.73 Å². The van der Waals surface area contributed by atoms with Crippen molar-refractivity contribution in [2.75, 3.05) is 5.73 Å². The molecule has 1 aromatic carbocycles. The molecular weight excluding hydrogens is 399 g/mol. The van der Waals surface area contributed by atoms with Gasteiger partial charge in [-0.25, -0.2) is 0 Å². The number of hydrogen-bond acceptors (Lipinski definition) is 3. The summed E-state index contributed by atoms with van der Waals surface area (Å²) in [6.07, 6.45) is 0. The third-order valence-electron chi connectivity index (χ3n) is 2.06. The third-order valence-corrected chi connectivity index (χ3v) is 4.51. The van der Waals surface area contributed by atoms with E-state index < -0.39 is 0 Å². The number of hydrogen-bond donors (Lipinski definition) is 1. The summed E-state index contributed by atoms with van der Waals surface area (Å²) in [6, 6.07) is 10.0. The highest BCUT2D eigenvalue weighted by Crippen LogP contribution is 2.37. The number of nitrogens with zero attached hydrogens (tertiary/aromatic N) is 1. The maximum absolute atomic E-state index is 8.87. The van der Waals surface area contributed by atoms with Gasteiger partial charge in [-0.2, -0.15) is 5.26 Å². The lowest BCUT2D eigenvalue weighted by Gasteiger charge is -2.01. The molecule has 0 unspecified atom stereocenters. The van der Waals surface area contributed by atoms with Gasteiger partial charge in [0, 0.05) is 18.5 Å². The standard InChI is InChI=1S/C11H6BrIN2S/c12-8-2-1-6(13)3-7(8)10-4-9(15)11(5-14)16-10/h1-4H,15H2. The van der Waals surface area contributed by atoms with Crippen molar-refractivity contribution in [1.82, 2.24) is 0 Å². The fourth-order valence-electron chi connectivity index (χ4n) is 1.31. The predicted molar refractivity (Wildman–Crippen MR) is 79.3 cm³/mol. The Kier molecular flexibility index (Phi) is 3.52. The van der Waals surface area contributed by atoms with Crippen molar-refractivity contribution in [3.8, 4) is 16.5 Å².